The van der Waals surface area contributed by atoms with Crippen LogP contribution in [0.5, 0.6) is 0 Å². The monoisotopic (exact) mass is 200 g/mol. The van der Waals surface area contributed by atoms with Gasteiger partial charge < -0.3 is 4.74 Å². The van der Waals surface area contributed by atoms with Gasteiger partial charge in [-0.1, -0.05) is 13.3 Å². The minimum atomic E-state index is -0.501. The van der Waals surface area contributed by atoms with Crippen LogP contribution in [-0.2, 0) is 19.1 Å². The van der Waals surface area contributed by atoms with Crippen LogP contribution in [0.4, 0.5) is 0 Å². The number of ether oxygens (including phenoxy) is 1. The summed E-state index contributed by atoms with van der Waals surface area (Å²) in [5, 5.41) is 0. The highest BCUT2D eigenvalue weighted by molar-refractivity contribution is 6.00. The third kappa shape index (κ3) is 7.46. The Balaban J connectivity index is 3.60. The summed E-state index contributed by atoms with van der Waals surface area (Å²) in [7, 11) is 0. The Labute approximate surface area is 83.6 Å². The summed E-state index contributed by atoms with van der Waals surface area (Å²) in [6, 6.07) is 0. The smallest absolute Gasteiger partial charge is 0.303 e. The fourth-order valence-corrected chi connectivity index (χ4v) is 0.915. The molecule has 0 unspecified atom stereocenters. The number of hydrogen-bond acceptors (Lipinski definition) is 4. The average Bonchev–Trinajstić information content (AvgIpc) is 2.11. The van der Waals surface area contributed by atoms with E-state index in [0.717, 1.165) is 12.8 Å². The molecule has 0 bridgehead atoms. The van der Waals surface area contributed by atoms with Gasteiger partial charge in [-0.15, -0.1) is 0 Å². The van der Waals surface area contributed by atoms with Crippen molar-refractivity contribution in [1.29, 1.82) is 0 Å². The molecule has 0 fully saturated rings. The number of ketones is 2. The largest absolute Gasteiger partial charge is 0.458 e. The molecule has 0 saturated heterocycles. The number of unbranched alkanes of at least 4 members (excludes halogenated alkanes) is 1. The average molecular weight is 200 g/mol. The fraction of sp³-hybridized carbons (Fsp3) is 0.700. The zero-order chi connectivity index (χ0) is 11.0. The number of rotatable bonds is 7. The first kappa shape index (κ1) is 12.8. The van der Waals surface area contributed by atoms with Crippen molar-refractivity contribution in [2.24, 2.45) is 0 Å². The summed E-state index contributed by atoms with van der Waals surface area (Å²) in [6.07, 6.45) is 2.05. The highest BCUT2D eigenvalue weighted by Gasteiger charge is 2.10. The van der Waals surface area contributed by atoms with Gasteiger partial charge in [0.25, 0.3) is 0 Å². The first-order valence-corrected chi connectivity index (χ1v) is 4.73. The number of esters is 1. The molecule has 0 aromatic heterocycles. The highest BCUT2D eigenvalue weighted by atomic mass is 16.5. The topological polar surface area (TPSA) is 60.4 Å². The molecule has 14 heavy (non-hydrogen) atoms. The van der Waals surface area contributed by atoms with E-state index in [9.17, 15) is 14.4 Å². The molecule has 80 valence electrons. The molecule has 0 aliphatic heterocycles. The van der Waals surface area contributed by atoms with Gasteiger partial charge in [0.2, 0.25) is 0 Å². The van der Waals surface area contributed by atoms with Crippen LogP contribution in [-0.4, -0.2) is 24.1 Å². The van der Waals surface area contributed by atoms with Gasteiger partial charge in [-0.2, -0.15) is 0 Å². The predicted octanol–water partition coefficient (Wildman–Crippen LogP) is 1.27. The molecule has 0 aromatic rings. The normalized spacial score (nSPS) is 9.57. The lowest BCUT2D eigenvalue weighted by Gasteiger charge is -2.00. The molecule has 0 heterocycles. The zero-order valence-corrected chi connectivity index (χ0v) is 8.67. The summed E-state index contributed by atoms with van der Waals surface area (Å²) in [4.78, 5) is 32.5. The van der Waals surface area contributed by atoms with Gasteiger partial charge in [-0.3, -0.25) is 14.4 Å². The lowest BCUT2D eigenvalue weighted by atomic mass is 10.1. The quantitative estimate of drug-likeness (QED) is 0.458. The number of Topliss-reactive ketones (excluding diaryl/α,β-unsaturated/α-hetero) is 2. The Morgan fingerprint density at radius 1 is 1.14 bits per heavy atom. The maximum absolute atomic E-state index is 11.1. The standard InChI is InChI=1S/C10H16O4/c1-3-4-5-9(12)6-10(13)7-14-8(2)11/h3-7H2,1-2H3. The van der Waals surface area contributed by atoms with Gasteiger partial charge in [0.15, 0.2) is 5.78 Å². The molecule has 0 aromatic carbocycles. The molecule has 0 spiro atoms. The molecule has 4 heteroatoms. The molecule has 4 nitrogen and oxygen atoms in total. The van der Waals surface area contributed by atoms with Crippen LogP contribution in [0.3, 0.4) is 0 Å². The lowest BCUT2D eigenvalue weighted by molar-refractivity contribution is -0.146. The number of carbonyl (C=O) groups is 3. The van der Waals surface area contributed by atoms with Crippen LogP contribution < -0.4 is 0 Å². The van der Waals surface area contributed by atoms with Crippen molar-refractivity contribution in [3.63, 3.8) is 0 Å². The molecule has 0 N–H and O–H groups in total. The van der Waals surface area contributed by atoms with Crippen molar-refractivity contribution in [1.82, 2.24) is 0 Å². The zero-order valence-electron chi connectivity index (χ0n) is 8.67. The summed E-state index contributed by atoms with van der Waals surface area (Å²) in [6.45, 7) is 2.92. The van der Waals surface area contributed by atoms with Crippen LogP contribution in [0.15, 0.2) is 0 Å². The minimum Gasteiger partial charge on any atom is -0.458 e. The van der Waals surface area contributed by atoms with Crippen LogP contribution in [0.1, 0.15) is 39.5 Å². The van der Waals surface area contributed by atoms with E-state index >= 15 is 0 Å². The molecular formula is C10H16O4. The maximum Gasteiger partial charge on any atom is 0.303 e. The van der Waals surface area contributed by atoms with E-state index < -0.39 is 5.97 Å². The van der Waals surface area contributed by atoms with Gasteiger partial charge in [0.1, 0.15) is 12.4 Å². The summed E-state index contributed by atoms with van der Waals surface area (Å²) >= 11 is 0. The van der Waals surface area contributed by atoms with E-state index in [1.54, 1.807) is 0 Å². The van der Waals surface area contributed by atoms with Crippen molar-refractivity contribution in [3.05, 3.63) is 0 Å². The van der Waals surface area contributed by atoms with E-state index in [0.29, 0.717) is 6.42 Å². The van der Waals surface area contributed by atoms with Crippen molar-refractivity contribution in [2.75, 3.05) is 6.61 Å². The summed E-state index contributed by atoms with van der Waals surface area (Å²) in [5.74, 6) is -0.912. The van der Waals surface area contributed by atoms with Gasteiger partial charge >= 0.3 is 5.97 Å². The second-order valence-electron chi connectivity index (χ2n) is 3.14. The molecular weight excluding hydrogens is 184 g/mol. The third-order valence-electron chi connectivity index (χ3n) is 1.64. The van der Waals surface area contributed by atoms with E-state index in [1.807, 2.05) is 6.92 Å². The van der Waals surface area contributed by atoms with E-state index in [-0.39, 0.29) is 24.6 Å². The van der Waals surface area contributed by atoms with E-state index in [2.05, 4.69) is 4.74 Å². The third-order valence-corrected chi connectivity index (χ3v) is 1.64. The second-order valence-corrected chi connectivity index (χ2v) is 3.14. The second kappa shape index (κ2) is 7.24. The fourth-order valence-electron chi connectivity index (χ4n) is 0.915. The first-order valence-electron chi connectivity index (χ1n) is 4.73. The van der Waals surface area contributed by atoms with Gasteiger partial charge in [-0.25, -0.2) is 0 Å². The highest BCUT2D eigenvalue weighted by Crippen LogP contribution is 1.99. The predicted molar refractivity (Wildman–Crippen MR) is 50.8 cm³/mol. The Kier molecular flexibility index (Phi) is 6.62. The summed E-state index contributed by atoms with van der Waals surface area (Å²) < 4.78 is 4.47. The SMILES string of the molecule is CCCCC(=O)CC(=O)COC(C)=O. The van der Waals surface area contributed by atoms with Gasteiger partial charge in [0.05, 0.1) is 6.42 Å². The van der Waals surface area contributed by atoms with Crippen molar-refractivity contribution < 1.29 is 19.1 Å². The molecule has 0 saturated carbocycles. The van der Waals surface area contributed by atoms with Crippen LogP contribution in [0, 0.1) is 0 Å². The molecule has 0 amide bonds. The van der Waals surface area contributed by atoms with Crippen molar-refractivity contribution in [3.8, 4) is 0 Å². The Morgan fingerprint density at radius 2 is 1.79 bits per heavy atom. The molecule has 0 atom stereocenters. The van der Waals surface area contributed by atoms with Gasteiger partial charge in [0, 0.05) is 13.3 Å². The molecule has 0 aliphatic rings. The molecule has 0 aliphatic carbocycles. The molecule has 0 radical (unpaired) electrons. The van der Waals surface area contributed by atoms with Crippen molar-refractivity contribution >= 4 is 17.5 Å². The van der Waals surface area contributed by atoms with E-state index in [4.69, 9.17) is 0 Å². The summed E-state index contributed by atoms with van der Waals surface area (Å²) in [5.41, 5.74) is 0. The lowest BCUT2D eigenvalue weighted by Crippen LogP contribution is -2.15. The Hall–Kier alpha value is -1.19. The maximum atomic E-state index is 11.1. The minimum absolute atomic E-state index is 0.0796. The van der Waals surface area contributed by atoms with Crippen LogP contribution >= 0.6 is 0 Å². The Morgan fingerprint density at radius 3 is 2.29 bits per heavy atom. The molecule has 0 rings (SSSR count). The number of hydrogen-bond donors (Lipinski definition) is 0. The Bertz CT molecular complexity index is 220. The van der Waals surface area contributed by atoms with E-state index in [1.165, 1.54) is 6.92 Å². The van der Waals surface area contributed by atoms with Crippen LogP contribution in [0.2, 0.25) is 0 Å². The number of carbonyl (C=O) groups excluding carboxylic acids is 3. The van der Waals surface area contributed by atoms with Crippen LogP contribution in [0.25, 0.3) is 0 Å². The first-order chi connectivity index (χ1) is 6.56. The van der Waals surface area contributed by atoms with Crippen molar-refractivity contribution in [2.45, 2.75) is 39.5 Å². The van der Waals surface area contributed by atoms with Gasteiger partial charge in [-0.05, 0) is 6.42 Å².